The number of hydrogen-bond acceptors (Lipinski definition) is 14. The number of ether oxygens (including phenoxy) is 3. The summed E-state index contributed by atoms with van der Waals surface area (Å²) in [6.45, 7) is 16.2. The Morgan fingerprint density at radius 1 is 0.968 bits per heavy atom. The lowest BCUT2D eigenvalue weighted by Gasteiger charge is -2.36. The van der Waals surface area contributed by atoms with Crippen LogP contribution in [-0.2, 0) is 29.4 Å². The third kappa shape index (κ3) is 11.3. The molecule has 63 heavy (non-hydrogen) atoms. The van der Waals surface area contributed by atoms with Crippen LogP contribution in [0.4, 0.5) is 9.93 Å². The predicted molar refractivity (Wildman–Crippen MR) is 239 cm³/mol. The maximum Gasteiger partial charge on any atom is 0.409 e. The number of carbonyl (C=O) groups is 4. The molecule has 4 N–H and O–H groups in total. The van der Waals surface area contributed by atoms with Gasteiger partial charge in [-0.15, -0.1) is 11.3 Å². The number of rotatable bonds is 15. The predicted octanol–water partition coefficient (Wildman–Crippen LogP) is 6.20. The van der Waals surface area contributed by atoms with Gasteiger partial charge >= 0.3 is 16.4 Å². The Balaban J connectivity index is 1.34. The van der Waals surface area contributed by atoms with Crippen LogP contribution in [0.3, 0.4) is 0 Å². The number of methoxy groups -OCH3 is 1. The first-order chi connectivity index (χ1) is 29.5. The number of carbonyl (C=O) groups excluding carboxylic acids is 4. The second-order valence-electron chi connectivity index (χ2n) is 18.2. The van der Waals surface area contributed by atoms with Crippen LogP contribution in [0.15, 0.2) is 60.0 Å². The summed E-state index contributed by atoms with van der Waals surface area (Å²) in [5.41, 5.74) is -1.66. The van der Waals surface area contributed by atoms with Crippen molar-refractivity contribution in [3.05, 3.63) is 60.0 Å². The van der Waals surface area contributed by atoms with E-state index in [1.54, 1.807) is 85.1 Å². The first-order valence-corrected chi connectivity index (χ1v) is 23.1. The number of anilines is 1. The van der Waals surface area contributed by atoms with Gasteiger partial charge in [-0.05, 0) is 76.6 Å². The number of benzene rings is 2. The van der Waals surface area contributed by atoms with E-state index in [4.69, 9.17) is 28.4 Å². The average molecular weight is 908 g/mol. The summed E-state index contributed by atoms with van der Waals surface area (Å²) in [6.07, 6.45) is -1.05. The fourth-order valence-electron chi connectivity index (χ4n) is 7.47. The second kappa shape index (κ2) is 18.2. The number of pyridine rings is 1. The number of hydrogen-bond donors (Lipinski definition) is 4. The molecule has 19 heteroatoms. The molecule has 0 radical (unpaired) electrons. The van der Waals surface area contributed by atoms with E-state index < -0.39 is 74.8 Å². The monoisotopic (exact) mass is 907 g/mol. The fourth-order valence-corrected chi connectivity index (χ4v) is 9.14. The van der Waals surface area contributed by atoms with Gasteiger partial charge in [-0.3, -0.25) is 14.4 Å². The molecule has 1 saturated heterocycles. The number of likely N-dealkylation sites (tertiary alicyclic amines) is 1. The summed E-state index contributed by atoms with van der Waals surface area (Å²) in [7, 11) is -3.09. The molecule has 340 valence electrons. The number of nitrogens with zero attached hydrogens (tertiary/aromatic N) is 3. The molecule has 4 amide bonds. The summed E-state index contributed by atoms with van der Waals surface area (Å²) < 4.78 is 50.9. The lowest BCUT2D eigenvalue weighted by Crippen LogP contribution is -2.60. The van der Waals surface area contributed by atoms with Crippen molar-refractivity contribution in [2.24, 2.45) is 11.3 Å². The number of alkyl carbamates (subject to hydrolysis) is 1. The van der Waals surface area contributed by atoms with Crippen LogP contribution < -0.4 is 34.3 Å². The van der Waals surface area contributed by atoms with E-state index in [1.807, 2.05) is 36.9 Å². The van der Waals surface area contributed by atoms with Gasteiger partial charge in [-0.25, -0.2) is 19.5 Å². The number of thiazole rings is 1. The van der Waals surface area contributed by atoms with Gasteiger partial charge in [0.15, 0.2) is 5.13 Å². The zero-order chi connectivity index (χ0) is 46.1. The van der Waals surface area contributed by atoms with Gasteiger partial charge in [0.2, 0.25) is 11.8 Å². The van der Waals surface area contributed by atoms with Crippen molar-refractivity contribution in [1.82, 2.24) is 30.2 Å². The number of aromatic nitrogens is 2. The van der Waals surface area contributed by atoms with Crippen molar-refractivity contribution in [3.63, 3.8) is 0 Å². The normalized spacial score (nSPS) is 20.4. The van der Waals surface area contributed by atoms with Crippen molar-refractivity contribution >= 4 is 61.5 Å². The third-order valence-electron chi connectivity index (χ3n) is 10.6. The summed E-state index contributed by atoms with van der Waals surface area (Å²) in [5, 5.41) is 12.1. The Labute approximate surface area is 372 Å². The highest BCUT2D eigenvalue weighted by Gasteiger charge is 2.62. The van der Waals surface area contributed by atoms with Crippen LogP contribution in [0, 0.1) is 11.3 Å². The smallest absolute Gasteiger partial charge is 0.409 e. The highest BCUT2D eigenvalue weighted by molar-refractivity contribution is 7.85. The van der Waals surface area contributed by atoms with Crippen molar-refractivity contribution in [2.45, 2.75) is 117 Å². The summed E-state index contributed by atoms with van der Waals surface area (Å²) in [4.78, 5) is 67.4. The molecule has 2 aliphatic rings. The van der Waals surface area contributed by atoms with Crippen LogP contribution in [0.1, 0.15) is 81.6 Å². The van der Waals surface area contributed by atoms with E-state index >= 15 is 0 Å². The van der Waals surface area contributed by atoms with E-state index in [2.05, 4.69) is 16.0 Å². The molecule has 5 atom stereocenters. The summed E-state index contributed by atoms with van der Waals surface area (Å²) in [6, 6.07) is 12.6. The van der Waals surface area contributed by atoms with Gasteiger partial charge in [-0.2, -0.15) is 8.42 Å². The van der Waals surface area contributed by atoms with Crippen molar-refractivity contribution in [3.8, 4) is 28.6 Å². The van der Waals surface area contributed by atoms with Gasteiger partial charge in [-0.1, -0.05) is 52.3 Å². The molecule has 1 aliphatic carbocycles. The maximum atomic E-state index is 14.8. The minimum absolute atomic E-state index is 0.00836. The topological polar surface area (TPSA) is 216 Å². The Bertz CT molecular complexity index is 2450. The van der Waals surface area contributed by atoms with E-state index in [-0.39, 0.29) is 31.2 Å². The zero-order valence-corrected chi connectivity index (χ0v) is 38.9. The molecule has 6 rings (SSSR count). The van der Waals surface area contributed by atoms with E-state index in [9.17, 15) is 27.6 Å². The lowest BCUT2D eigenvalue weighted by atomic mass is 9.85. The molecule has 3 heterocycles. The maximum absolute atomic E-state index is 14.8. The number of nitrogens with one attached hydrogen (secondary N) is 4. The zero-order valence-electron chi connectivity index (χ0n) is 37.2. The highest BCUT2D eigenvalue weighted by atomic mass is 32.2. The number of amides is 4. The largest absolute Gasteiger partial charge is 0.497 e. The fraction of sp³-hybridized carbons (Fsp3) is 0.500. The Morgan fingerprint density at radius 3 is 2.30 bits per heavy atom. The van der Waals surface area contributed by atoms with Crippen LogP contribution >= 0.6 is 11.3 Å². The van der Waals surface area contributed by atoms with Gasteiger partial charge in [0, 0.05) is 35.4 Å². The first kappa shape index (κ1) is 46.8. The second-order valence-corrected chi connectivity index (χ2v) is 20.3. The molecular formula is C44H57N7O10S2. The molecule has 17 nitrogen and oxygen atoms in total. The van der Waals surface area contributed by atoms with Crippen LogP contribution in [0.5, 0.6) is 17.2 Å². The molecule has 0 spiro atoms. The molecule has 1 aliphatic heterocycles. The number of fused-ring (bicyclic) bond motifs is 1. The van der Waals surface area contributed by atoms with E-state index in [0.29, 0.717) is 40.2 Å². The van der Waals surface area contributed by atoms with Crippen molar-refractivity contribution in [1.29, 1.82) is 0 Å². The van der Waals surface area contributed by atoms with Crippen molar-refractivity contribution < 1.29 is 46.0 Å². The summed E-state index contributed by atoms with van der Waals surface area (Å²) >= 11 is 1.44. The lowest BCUT2D eigenvalue weighted by molar-refractivity contribution is -0.143. The average Bonchev–Trinajstić information content (AvgIpc) is 3.45. The van der Waals surface area contributed by atoms with Crippen LogP contribution in [0.25, 0.3) is 22.3 Å². The summed E-state index contributed by atoms with van der Waals surface area (Å²) in [5.74, 6) is -1.70. The Morgan fingerprint density at radius 2 is 1.68 bits per heavy atom. The van der Waals surface area contributed by atoms with Crippen molar-refractivity contribution in [2.75, 3.05) is 19.0 Å². The molecule has 2 aromatic carbocycles. The Hall–Kier alpha value is -5.69. The molecule has 0 unspecified atom stereocenters. The molecule has 2 fully saturated rings. The molecule has 4 aromatic rings. The molecule has 2 aromatic heterocycles. The minimum Gasteiger partial charge on any atom is -0.497 e. The first-order valence-electron chi connectivity index (χ1n) is 20.8. The molecular weight excluding hydrogens is 851 g/mol. The minimum atomic E-state index is -4.64. The van der Waals surface area contributed by atoms with Crippen LogP contribution in [0.2, 0.25) is 0 Å². The third-order valence-corrected chi connectivity index (χ3v) is 12.2. The molecule has 0 bridgehead atoms. The van der Waals surface area contributed by atoms with E-state index in [0.717, 1.165) is 5.13 Å². The van der Waals surface area contributed by atoms with Gasteiger partial charge < -0.3 is 39.2 Å². The van der Waals surface area contributed by atoms with Gasteiger partial charge in [0.05, 0.1) is 24.9 Å². The van der Waals surface area contributed by atoms with Gasteiger partial charge in [0.25, 0.3) is 5.91 Å². The standard InChI is InChI=1S/C44H57N7O10S2/c1-11-26-22-44(26,39(54)50-63(56,57)61-27-15-13-12-14-16-27)49-37(52)34-20-29(23-51(34)38(53)36(42(4,5)6)48-41(55)60-43(7,8)9)59-35-21-32(33-24-62-40(47-33)45-25(2)3)46-31-19-28(58-10)17-18-30(31)35/h12-19,21,24-26,29,34,36H,11,20,22-23H2,1-10H3,(H,45,47)(H,48,55)(H,49,52)(H,50,54)/t26-,29-,34+,36-,44-/m1/s1. The SMILES string of the molecule is CC[C@@H]1C[C@]1(NC(=O)[C@@H]1C[C@@H](Oc2cc(-c3csc(NC(C)C)n3)nc3cc(OC)ccc23)CN1C(=O)[C@@H](NC(=O)OC(C)(C)C)C(C)(C)C)C(=O)NS(=O)(=O)Oc1ccccc1. The number of para-hydroxylation sites is 1. The van der Waals surface area contributed by atoms with E-state index in [1.165, 1.54) is 28.4 Å². The van der Waals surface area contributed by atoms with Crippen LogP contribution in [-0.4, -0.2) is 96.1 Å². The highest BCUT2D eigenvalue weighted by Crippen LogP contribution is 2.47. The quantitative estimate of drug-likeness (QED) is 0.105. The molecule has 1 saturated carbocycles. The van der Waals surface area contributed by atoms with Gasteiger partial charge in [0.1, 0.15) is 52.3 Å². The Kier molecular flexibility index (Phi) is 13.5.